The van der Waals surface area contributed by atoms with Gasteiger partial charge in [0.2, 0.25) is 0 Å². The van der Waals surface area contributed by atoms with E-state index in [1.165, 1.54) is 71.3 Å². The molecule has 6 aromatic carbocycles. The van der Waals surface area contributed by atoms with Crippen molar-refractivity contribution in [2.45, 2.75) is 63.7 Å². The van der Waals surface area contributed by atoms with Crippen molar-refractivity contribution in [1.82, 2.24) is 0 Å². The van der Waals surface area contributed by atoms with Gasteiger partial charge in [0.1, 0.15) is 11.2 Å². The van der Waals surface area contributed by atoms with Gasteiger partial charge in [-0.25, -0.2) is 0 Å². The smallest absolute Gasteiger partial charge is 0.137 e. The largest absolute Gasteiger partial charge is 0.456 e. The summed E-state index contributed by atoms with van der Waals surface area (Å²) in [7, 11) is 0. The lowest BCUT2D eigenvalue weighted by Gasteiger charge is -2.61. The van der Waals surface area contributed by atoms with Gasteiger partial charge in [0.15, 0.2) is 0 Å². The first-order chi connectivity index (χ1) is 25.3. The van der Waals surface area contributed by atoms with E-state index in [1.807, 2.05) is 0 Å². The van der Waals surface area contributed by atoms with Crippen LogP contribution < -0.4 is 4.90 Å². The molecule has 5 aliphatic rings. The molecule has 1 heterocycles. The summed E-state index contributed by atoms with van der Waals surface area (Å²) >= 11 is 0. The Kier molecular flexibility index (Phi) is 6.44. The molecule has 0 saturated heterocycles. The molecule has 1 aromatic heterocycles. The van der Waals surface area contributed by atoms with Crippen LogP contribution in [0.4, 0.5) is 17.1 Å². The first-order valence-electron chi connectivity index (χ1n) is 19.5. The summed E-state index contributed by atoms with van der Waals surface area (Å²) in [5.74, 6) is 3.30. The minimum Gasteiger partial charge on any atom is -0.456 e. The number of nitrogens with zero attached hydrogens (tertiary/aromatic N) is 1. The van der Waals surface area contributed by atoms with Gasteiger partial charge in [0.05, 0.1) is 0 Å². The first kappa shape index (κ1) is 30.5. The van der Waals surface area contributed by atoms with Crippen molar-refractivity contribution < 1.29 is 4.42 Å². The van der Waals surface area contributed by atoms with Crippen LogP contribution in [0.15, 0.2) is 138 Å². The second-order valence-electron chi connectivity index (χ2n) is 17.4. The van der Waals surface area contributed by atoms with Crippen molar-refractivity contribution >= 4 is 39.0 Å². The van der Waals surface area contributed by atoms with E-state index in [4.69, 9.17) is 4.42 Å². The van der Waals surface area contributed by atoms with Crippen molar-refractivity contribution in [1.29, 1.82) is 0 Å². The summed E-state index contributed by atoms with van der Waals surface area (Å²) in [6.45, 7) is 6.91. The molecule has 2 heteroatoms. The second-order valence-corrected chi connectivity index (χ2v) is 17.4. The fourth-order valence-corrected chi connectivity index (χ4v) is 11.6. The second kappa shape index (κ2) is 11.0. The van der Waals surface area contributed by atoms with Crippen LogP contribution in [-0.2, 0) is 10.8 Å². The van der Waals surface area contributed by atoms with Crippen LogP contribution in [0.2, 0.25) is 0 Å². The molecule has 0 aliphatic heterocycles. The predicted molar refractivity (Wildman–Crippen MR) is 216 cm³/mol. The summed E-state index contributed by atoms with van der Waals surface area (Å²) in [4.78, 5) is 2.46. The summed E-state index contributed by atoms with van der Waals surface area (Å²) in [5, 5.41) is 2.32. The van der Waals surface area contributed by atoms with Gasteiger partial charge >= 0.3 is 0 Å². The van der Waals surface area contributed by atoms with E-state index in [-0.39, 0.29) is 10.8 Å². The number of anilines is 3. The van der Waals surface area contributed by atoms with E-state index in [0.29, 0.717) is 0 Å². The van der Waals surface area contributed by atoms with Crippen molar-refractivity contribution in [3.05, 3.63) is 150 Å². The molecule has 0 radical (unpaired) electrons. The predicted octanol–water partition coefficient (Wildman–Crippen LogP) is 13.7. The van der Waals surface area contributed by atoms with Gasteiger partial charge in [-0.3, -0.25) is 0 Å². The highest BCUT2D eigenvalue weighted by atomic mass is 16.3. The van der Waals surface area contributed by atoms with E-state index in [9.17, 15) is 0 Å². The molecule has 4 bridgehead atoms. The van der Waals surface area contributed by atoms with Crippen molar-refractivity contribution in [2.75, 3.05) is 4.90 Å². The molecule has 7 aromatic rings. The van der Waals surface area contributed by atoms with E-state index in [1.54, 1.807) is 11.1 Å². The number of fused-ring (bicyclic) bond motifs is 6. The third-order valence-corrected chi connectivity index (χ3v) is 13.6. The van der Waals surface area contributed by atoms with Gasteiger partial charge in [-0.15, -0.1) is 0 Å². The number of benzene rings is 6. The van der Waals surface area contributed by atoms with Crippen molar-refractivity contribution in [3.8, 4) is 22.3 Å². The molecule has 0 amide bonds. The number of furan rings is 1. The number of para-hydroxylation sites is 1. The fourth-order valence-electron chi connectivity index (χ4n) is 11.6. The molecule has 0 unspecified atom stereocenters. The van der Waals surface area contributed by atoms with Crippen LogP contribution in [-0.4, -0.2) is 0 Å². The Morgan fingerprint density at radius 3 is 1.92 bits per heavy atom. The summed E-state index contributed by atoms with van der Waals surface area (Å²) in [6, 6.07) is 50.3. The Hall–Kier alpha value is -5.08. The Morgan fingerprint density at radius 2 is 1.15 bits per heavy atom. The SMILES string of the molecule is CC(C)(C)c1cccc(N(c2ccc3c(c2)-c2cc(-c4ccccc4)ccc2C32C3CC4CC(C3)CC2C4)c2ccc3c(c2)oc2ccccc23)c1. The highest BCUT2D eigenvalue weighted by Crippen LogP contribution is 2.69. The Labute approximate surface area is 307 Å². The summed E-state index contributed by atoms with van der Waals surface area (Å²) in [6.07, 6.45) is 7.01. The zero-order chi connectivity index (χ0) is 34.8. The first-order valence-corrected chi connectivity index (χ1v) is 19.5. The van der Waals surface area contributed by atoms with E-state index < -0.39 is 0 Å². The van der Waals surface area contributed by atoms with Crippen molar-refractivity contribution in [3.63, 3.8) is 0 Å². The Bertz CT molecular complexity index is 2500. The number of rotatable bonds is 4. The number of hydrogen-bond donors (Lipinski definition) is 0. The van der Waals surface area contributed by atoms with E-state index in [2.05, 4.69) is 159 Å². The molecule has 4 fully saturated rings. The number of hydrogen-bond acceptors (Lipinski definition) is 2. The quantitative estimate of drug-likeness (QED) is 0.185. The molecular formula is C50H45NO. The molecule has 1 spiro atoms. The molecule has 0 N–H and O–H groups in total. The summed E-state index contributed by atoms with van der Waals surface area (Å²) in [5.41, 5.74) is 15.4. The Balaban J connectivity index is 1.14. The van der Waals surface area contributed by atoms with E-state index in [0.717, 1.165) is 51.3 Å². The molecule has 52 heavy (non-hydrogen) atoms. The van der Waals surface area contributed by atoms with Crippen LogP contribution >= 0.6 is 0 Å². The van der Waals surface area contributed by atoms with E-state index >= 15 is 0 Å². The topological polar surface area (TPSA) is 16.4 Å². The van der Waals surface area contributed by atoms with Crippen molar-refractivity contribution in [2.24, 2.45) is 23.7 Å². The lowest BCUT2D eigenvalue weighted by atomic mass is 9.43. The van der Waals surface area contributed by atoms with Crippen LogP contribution in [0, 0.1) is 23.7 Å². The maximum atomic E-state index is 6.47. The minimum absolute atomic E-state index is 0.0287. The van der Waals surface area contributed by atoms with Crippen LogP contribution in [0.1, 0.15) is 69.6 Å². The molecule has 5 aliphatic carbocycles. The van der Waals surface area contributed by atoms with Crippen LogP contribution in [0.5, 0.6) is 0 Å². The minimum atomic E-state index is 0.0287. The molecular weight excluding hydrogens is 631 g/mol. The lowest BCUT2D eigenvalue weighted by Crippen LogP contribution is -2.55. The zero-order valence-corrected chi connectivity index (χ0v) is 30.4. The normalized spacial score (nSPS) is 24.1. The van der Waals surface area contributed by atoms with Gasteiger partial charge in [0, 0.05) is 39.3 Å². The fraction of sp³-hybridized carbons (Fsp3) is 0.280. The van der Waals surface area contributed by atoms with Crippen LogP contribution in [0.3, 0.4) is 0 Å². The average Bonchev–Trinajstić information content (AvgIpc) is 3.67. The van der Waals surface area contributed by atoms with Gasteiger partial charge < -0.3 is 9.32 Å². The zero-order valence-electron chi connectivity index (χ0n) is 30.4. The maximum absolute atomic E-state index is 6.47. The lowest BCUT2D eigenvalue weighted by molar-refractivity contribution is -0.0399. The van der Waals surface area contributed by atoms with Gasteiger partial charge in [-0.05, 0) is 149 Å². The molecule has 0 atom stereocenters. The average molecular weight is 676 g/mol. The standard InChI is InChI=1S/C50H45NO/c1-49(2,3)35-12-9-13-38(28-35)51(40-17-19-42-41-14-7-8-15-47(41)52-48(42)30-40)39-18-21-46-44(29-39)43-27-34(33-10-5-4-6-11-33)16-20-45(43)50(46)36-23-31-22-32(25-36)26-37(50)24-31/h4-21,27-32,36-37H,22-26H2,1-3H3. The monoisotopic (exact) mass is 675 g/mol. The molecule has 12 rings (SSSR count). The Morgan fingerprint density at radius 1 is 0.519 bits per heavy atom. The van der Waals surface area contributed by atoms with Gasteiger partial charge in [-0.2, -0.15) is 0 Å². The summed E-state index contributed by atoms with van der Waals surface area (Å²) < 4.78 is 6.47. The van der Waals surface area contributed by atoms with Gasteiger partial charge in [-0.1, -0.05) is 99.6 Å². The molecule has 4 saturated carbocycles. The van der Waals surface area contributed by atoms with Crippen LogP contribution in [0.25, 0.3) is 44.2 Å². The highest BCUT2D eigenvalue weighted by molar-refractivity contribution is 6.06. The maximum Gasteiger partial charge on any atom is 0.137 e. The third kappa shape index (κ3) is 4.36. The third-order valence-electron chi connectivity index (χ3n) is 13.6. The van der Waals surface area contributed by atoms with Gasteiger partial charge in [0.25, 0.3) is 0 Å². The molecule has 256 valence electrons. The molecule has 2 nitrogen and oxygen atoms in total. The highest BCUT2D eigenvalue weighted by Gasteiger charge is 2.61.